The summed E-state index contributed by atoms with van der Waals surface area (Å²) in [4.78, 5) is 31.8. The zero-order chi connectivity index (χ0) is 28.1. The quantitative estimate of drug-likeness (QED) is 0.241. The number of carbonyl (C=O) groups is 1. The maximum Gasteiger partial charge on any atom is 0.290 e. The Kier molecular flexibility index (Phi) is 9.33. The number of nitrogens with zero attached hydrogens (tertiary/aromatic N) is 2. The minimum Gasteiger partial charge on any atom is -0.490 e. The van der Waals surface area contributed by atoms with Gasteiger partial charge in [0.1, 0.15) is 5.58 Å². The zero-order valence-electron chi connectivity index (χ0n) is 24.3. The van der Waals surface area contributed by atoms with Gasteiger partial charge in [0.25, 0.3) is 5.91 Å². The van der Waals surface area contributed by atoms with Crippen LogP contribution in [0.4, 0.5) is 0 Å². The highest BCUT2D eigenvalue weighted by Gasteiger charge is 2.43. The summed E-state index contributed by atoms with van der Waals surface area (Å²) in [5.41, 5.74) is 3.52. The average molecular weight is 535 g/mol. The number of aryl methyl sites for hydroxylation is 2. The molecular weight excluding hydrogens is 492 g/mol. The predicted octanol–water partition coefficient (Wildman–Crippen LogP) is 6.26. The summed E-state index contributed by atoms with van der Waals surface area (Å²) in [6.07, 6.45) is 3.20. The number of unbranched alkanes of at least 4 members (excludes halogenated alkanes) is 2. The van der Waals surface area contributed by atoms with E-state index in [1.807, 2.05) is 51.1 Å². The van der Waals surface area contributed by atoms with Gasteiger partial charge in [-0.05, 0) is 81.2 Å². The van der Waals surface area contributed by atoms with Crippen molar-refractivity contribution in [3.05, 3.63) is 68.6 Å². The van der Waals surface area contributed by atoms with Crippen LogP contribution in [0.25, 0.3) is 11.0 Å². The van der Waals surface area contributed by atoms with Crippen molar-refractivity contribution >= 4 is 16.9 Å². The first-order chi connectivity index (χ1) is 18.8. The van der Waals surface area contributed by atoms with Crippen LogP contribution in [0.3, 0.4) is 0 Å². The highest BCUT2D eigenvalue weighted by Crippen LogP contribution is 2.41. The van der Waals surface area contributed by atoms with Gasteiger partial charge in [-0.2, -0.15) is 0 Å². The molecule has 1 atom stereocenters. The Morgan fingerprint density at radius 3 is 2.36 bits per heavy atom. The number of fused-ring (bicyclic) bond motifs is 2. The van der Waals surface area contributed by atoms with Crippen LogP contribution in [-0.2, 0) is 0 Å². The molecule has 1 amide bonds. The highest BCUT2D eigenvalue weighted by atomic mass is 16.5. The lowest BCUT2D eigenvalue weighted by Crippen LogP contribution is -2.37. The molecule has 0 spiro atoms. The maximum absolute atomic E-state index is 14.0. The Hall–Kier alpha value is -3.32. The smallest absolute Gasteiger partial charge is 0.290 e. The van der Waals surface area contributed by atoms with E-state index in [0.29, 0.717) is 54.3 Å². The van der Waals surface area contributed by atoms with E-state index in [2.05, 4.69) is 25.7 Å². The van der Waals surface area contributed by atoms with Crippen molar-refractivity contribution < 1.29 is 18.7 Å². The van der Waals surface area contributed by atoms with E-state index >= 15 is 0 Å². The van der Waals surface area contributed by atoms with Gasteiger partial charge < -0.3 is 23.7 Å². The van der Waals surface area contributed by atoms with Gasteiger partial charge in [-0.1, -0.05) is 39.7 Å². The molecular formula is C32H42N2O5. The summed E-state index contributed by atoms with van der Waals surface area (Å²) in [5, 5.41) is 0.501. The third kappa shape index (κ3) is 5.83. The van der Waals surface area contributed by atoms with E-state index in [4.69, 9.17) is 13.9 Å². The van der Waals surface area contributed by atoms with Crippen molar-refractivity contribution in [1.29, 1.82) is 0 Å². The minimum absolute atomic E-state index is 0.137. The summed E-state index contributed by atoms with van der Waals surface area (Å²) in [6.45, 7) is 16.3. The number of likely N-dealkylation sites (N-methyl/N-ethyl adjacent to an activating group) is 1. The summed E-state index contributed by atoms with van der Waals surface area (Å²) in [6, 6.07) is 8.91. The maximum atomic E-state index is 14.0. The molecule has 0 bridgehead atoms. The summed E-state index contributed by atoms with van der Waals surface area (Å²) in [5.74, 6) is 1.18. The van der Waals surface area contributed by atoms with Crippen LogP contribution in [0.2, 0.25) is 0 Å². The molecule has 2 aromatic carbocycles. The molecule has 1 unspecified atom stereocenters. The molecule has 0 saturated carbocycles. The summed E-state index contributed by atoms with van der Waals surface area (Å²) >= 11 is 0. The Bertz CT molecular complexity index is 1380. The van der Waals surface area contributed by atoms with E-state index in [-0.39, 0.29) is 17.1 Å². The predicted molar refractivity (Wildman–Crippen MR) is 155 cm³/mol. The van der Waals surface area contributed by atoms with E-state index in [1.165, 1.54) is 0 Å². The van der Waals surface area contributed by atoms with Crippen LogP contribution < -0.4 is 14.9 Å². The van der Waals surface area contributed by atoms with Gasteiger partial charge in [-0.25, -0.2) is 0 Å². The largest absolute Gasteiger partial charge is 0.490 e. The van der Waals surface area contributed by atoms with Gasteiger partial charge in [0, 0.05) is 13.1 Å². The highest BCUT2D eigenvalue weighted by molar-refractivity contribution is 5.99. The third-order valence-corrected chi connectivity index (χ3v) is 7.72. The Morgan fingerprint density at radius 1 is 0.923 bits per heavy atom. The number of benzene rings is 2. The van der Waals surface area contributed by atoms with Gasteiger partial charge in [-0.15, -0.1) is 0 Å². The van der Waals surface area contributed by atoms with Crippen LogP contribution in [0.1, 0.15) is 85.8 Å². The average Bonchev–Trinajstić information content (AvgIpc) is 3.20. The molecule has 1 aromatic heterocycles. The molecule has 1 aliphatic heterocycles. The van der Waals surface area contributed by atoms with E-state index in [9.17, 15) is 9.59 Å². The molecule has 0 N–H and O–H groups in total. The van der Waals surface area contributed by atoms with Crippen molar-refractivity contribution in [1.82, 2.24) is 9.80 Å². The fourth-order valence-electron chi connectivity index (χ4n) is 5.26. The fourth-order valence-corrected chi connectivity index (χ4v) is 5.26. The second-order valence-corrected chi connectivity index (χ2v) is 10.2. The zero-order valence-corrected chi connectivity index (χ0v) is 24.3. The lowest BCUT2D eigenvalue weighted by atomic mass is 9.97. The number of hydrogen-bond acceptors (Lipinski definition) is 6. The van der Waals surface area contributed by atoms with Gasteiger partial charge in [0.15, 0.2) is 16.9 Å². The minimum atomic E-state index is -0.571. The first-order valence-corrected chi connectivity index (χ1v) is 14.3. The molecule has 0 aliphatic carbocycles. The van der Waals surface area contributed by atoms with E-state index in [0.717, 1.165) is 49.0 Å². The second-order valence-electron chi connectivity index (χ2n) is 10.2. The van der Waals surface area contributed by atoms with E-state index in [1.54, 1.807) is 4.90 Å². The van der Waals surface area contributed by atoms with Crippen molar-refractivity contribution in [2.45, 2.75) is 66.8 Å². The van der Waals surface area contributed by atoms with E-state index < -0.39 is 6.04 Å². The van der Waals surface area contributed by atoms with Crippen LogP contribution in [0.15, 0.2) is 39.5 Å². The Morgan fingerprint density at radius 2 is 1.67 bits per heavy atom. The molecule has 2 heterocycles. The first-order valence-electron chi connectivity index (χ1n) is 14.3. The number of rotatable bonds is 13. The van der Waals surface area contributed by atoms with Gasteiger partial charge in [0.05, 0.1) is 30.2 Å². The standard InChI is InChI=1S/C32H42N2O5/c1-7-11-12-17-38-25-14-13-23(20-27(25)37-10-4)29-28-30(35)24-18-21(5)22(6)19-26(24)39-31(28)32(36)34(29)16-15-33(8-2)9-3/h13-14,18-20,29H,7-12,15-17H2,1-6H3. The summed E-state index contributed by atoms with van der Waals surface area (Å²) < 4.78 is 18.2. The van der Waals surface area contributed by atoms with Crippen molar-refractivity contribution in [3.8, 4) is 11.5 Å². The van der Waals surface area contributed by atoms with Crippen molar-refractivity contribution in [2.75, 3.05) is 39.4 Å². The molecule has 7 heteroatoms. The molecule has 0 fully saturated rings. The van der Waals surface area contributed by atoms with Crippen LogP contribution in [0, 0.1) is 13.8 Å². The molecule has 1 aliphatic rings. The van der Waals surface area contributed by atoms with Crippen molar-refractivity contribution in [3.63, 3.8) is 0 Å². The van der Waals surface area contributed by atoms with Crippen LogP contribution >= 0.6 is 0 Å². The van der Waals surface area contributed by atoms with Crippen LogP contribution in [0.5, 0.6) is 11.5 Å². The third-order valence-electron chi connectivity index (χ3n) is 7.72. The van der Waals surface area contributed by atoms with Crippen molar-refractivity contribution in [2.24, 2.45) is 0 Å². The lowest BCUT2D eigenvalue weighted by molar-refractivity contribution is 0.0708. The molecule has 3 aromatic rings. The molecule has 39 heavy (non-hydrogen) atoms. The molecule has 4 rings (SSSR count). The normalized spacial score (nSPS) is 14.9. The molecule has 7 nitrogen and oxygen atoms in total. The molecule has 0 saturated heterocycles. The first kappa shape index (κ1) is 28.7. The summed E-state index contributed by atoms with van der Waals surface area (Å²) in [7, 11) is 0. The van der Waals surface area contributed by atoms with Gasteiger partial charge >= 0.3 is 0 Å². The van der Waals surface area contributed by atoms with Gasteiger partial charge in [0.2, 0.25) is 5.76 Å². The topological polar surface area (TPSA) is 72.2 Å². The van der Waals surface area contributed by atoms with Crippen LogP contribution in [-0.4, -0.2) is 55.1 Å². The fraction of sp³-hybridized carbons (Fsp3) is 0.500. The molecule has 210 valence electrons. The number of carbonyl (C=O) groups excluding carboxylic acids is 1. The number of hydrogen-bond donors (Lipinski definition) is 0. The SMILES string of the molecule is CCCCCOc1ccc(C2c3c(oc4cc(C)c(C)cc4c3=O)C(=O)N2CCN(CC)CC)cc1OCC. The second kappa shape index (κ2) is 12.7. The number of amides is 1. The Labute approximate surface area is 231 Å². The van der Waals surface area contributed by atoms with Gasteiger partial charge in [-0.3, -0.25) is 9.59 Å². The number of ether oxygens (including phenoxy) is 2. The monoisotopic (exact) mass is 534 g/mol. The Balaban J connectivity index is 1.83. The molecule has 0 radical (unpaired) electrons. The lowest BCUT2D eigenvalue weighted by Gasteiger charge is -2.28.